The Hall–Kier alpha value is -3.66. The van der Waals surface area contributed by atoms with Gasteiger partial charge in [0, 0.05) is 17.7 Å². The lowest BCUT2D eigenvalue weighted by Gasteiger charge is -2.05. The molecule has 0 saturated heterocycles. The number of hydrogen-bond donors (Lipinski definition) is 2. The number of rotatable bonds is 5. The minimum atomic E-state index is -0.474. The number of amides is 2. The third kappa shape index (κ3) is 3.80. The SMILES string of the molecule is CCCCNC(=O)C(C#N)=C1N=C(NC(=O)c2ccco2)c2ccccc21. The Bertz CT molecular complexity index is 965. The standard InChI is InChI=1S/C20H18N4O3/c1-2-3-10-22-19(25)15(12-21)17-13-7-4-5-8-14(13)18(23-17)24-20(26)16-9-6-11-27-16/h4-9,11H,2-3,10H2,1H3,(H,22,25)(H,23,24,26). The van der Waals surface area contributed by atoms with E-state index in [1.54, 1.807) is 30.3 Å². The molecule has 0 aliphatic carbocycles. The number of carbonyl (C=O) groups excluding carboxylic acids is 2. The highest BCUT2D eigenvalue weighted by molar-refractivity contribution is 6.20. The van der Waals surface area contributed by atoms with Gasteiger partial charge in [-0.15, -0.1) is 0 Å². The fourth-order valence-electron chi connectivity index (χ4n) is 2.67. The van der Waals surface area contributed by atoms with Gasteiger partial charge in [0.2, 0.25) is 0 Å². The molecule has 27 heavy (non-hydrogen) atoms. The molecule has 136 valence electrons. The van der Waals surface area contributed by atoms with Crippen LogP contribution < -0.4 is 10.6 Å². The lowest BCUT2D eigenvalue weighted by molar-refractivity contribution is -0.117. The van der Waals surface area contributed by atoms with Gasteiger partial charge in [0.15, 0.2) is 5.76 Å². The highest BCUT2D eigenvalue weighted by Gasteiger charge is 2.27. The van der Waals surface area contributed by atoms with Crippen LogP contribution >= 0.6 is 0 Å². The van der Waals surface area contributed by atoms with E-state index in [4.69, 9.17) is 4.42 Å². The molecule has 2 N–H and O–H groups in total. The quantitative estimate of drug-likeness (QED) is 0.484. The summed E-state index contributed by atoms with van der Waals surface area (Å²) >= 11 is 0. The van der Waals surface area contributed by atoms with Gasteiger partial charge >= 0.3 is 0 Å². The van der Waals surface area contributed by atoms with Gasteiger partial charge in [-0.25, -0.2) is 4.99 Å². The second-order valence-corrected chi connectivity index (χ2v) is 5.88. The molecule has 0 bridgehead atoms. The number of hydrogen-bond acceptors (Lipinski definition) is 5. The van der Waals surface area contributed by atoms with Crippen LogP contribution in [0.25, 0.3) is 5.70 Å². The van der Waals surface area contributed by atoms with E-state index in [0.717, 1.165) is 12.8 Å². The third-order valence-corrected chi connectivity index (χ3v) is 4.03. The summed E-state index contributed by atoms with van der Waals surface area (Å²) in [5.74, 6) is -0.514. The fourth-order valence-corrected chi connectivity index (χ4v) is 2.67. The molecule has 0 saturated carbocycles. The van der Waals surface area contributed by atoms with E-state index < -0.39 is 11.8 Å². The summed E-state index contributed by atoms with van der Waals surface area (Å²) in [4.78, 5) is 29.0. The average Bonchev–Trinajstić information content (AvgIpc) is 3.32. The van der Waals surface area contributed by atoms with Crippen molar-refractivity contribution in [2.24, 2.45) is 4.99 Å². The zero-order chi connectivity index (χ0) is 19.2. The molecular formula is C20H18N4O3. The van der Waals surface area contributed by atoms with Crippen LogP contribution in [0, 0.1) is 11.3 Å². The molecule has 0 spiro atoms. The molecule has 2 aromatic rings. The number of nitrogens with zero attached hydrogens (tertiary/aromatic N) is 2. The van der Waals surface area contributed by atoms with Crippen LogP contribution in [-0.2, 0) is 4.79 Å². The first-order valence-corrected chi connectivity index (χ1v) is 8.61. The molecule has 0 fully saturated rings. The van der Waals surface area contributed by atoms with Crippen LogP contribution in [0.1, 0.15) is 41.4 Å². The monoisotopic (exact) mass is 362 g/mol. The first kappa shape index (κ1) is 18.1. The predicted octanol–water partition coefficient (Wildman–Crippen LogP) is 2.62. The maximum absolute atomic E-state index is 12.4. The van der Waals surface area contributed by atoms with Crippen molar-refractivity contribution in [3.8, 4) is 6.07 Å². The molecule has 7 heteroatoms. The van der Waals surface area contributed by atoms with E-state index in [1.165, 1.54) is 12.3 Å². The average molecular weight is 362 g/mol. The van der Waals surface area contributed by atoms with E-state index in [-0.39, 0.29) is 22.9 Å². The summed E-state index contributed by atoms with van der Waals surface area (Å²) in [6.07, 6.45) is 3.16. The molecule has 2 amide bonds. The highest BCUT2D eigenvalue weighted by Crippen LogP contribution is 2.30. The number of fused-ring (bicyclic) bond motifs is 1. The molecule has 1 aliphatic rings. The van der Waals surface area contributed by atoms with Crippen LogP contribution in [0.3, 0.4) is 0 Å². The summed E-state index contributed by atoms with van der Waals surface area (Å²) in [6.45, 7) is 2.50. The molecule has 1 aliphatic heterocycles. The van der Waals surface area contributed by atoms with Crippen molar-refractivity contribution in [3.05, 3.63) is 65.1 Å². The normalized spacial score (nSPS) is 14.0. The summed E-state index contributed by atoms with van der Waals surface area (Å²) in [5, 5.41) is 14.9. The van der Waals surface area contributed by atoms with Crippen LogP contribution in [0.5, 0.6) is 0 Å². The molecule has 0 unspecified atom stereocenters. The van der Waals surface area contributed by atoms with E-state index in [9.17, 15) is 14.9 Å². The Morgan fingerprint density at radius 1 is 1.19 bits per heavy atom. The van der Waals surface area contributed by atoms with Crippen LogP contribution in [-0.4, -0.2) is 24.2 Å². The molecule has 2 heterocycles. The predicted molar refractivity (Wildman–Crippen MR) is 99.6 cm³/mol. The smallest absolute Gasteiger partial charge is 0.292 e. The number of amidine groups is 1. The molecule has 0 radical (unpaired) electrons. The van der Waals surface area contributed by atoms with Gasteiger partial charge in [-0.1, -0.05) is 37.6 Å². The van der Waals surface area contributed by atoms with Gasteiger partial charge < -0.3 is 15.1 Å². The molecular weight excluding hydrogens is 344 g/mol. The summed E-state index contributed by atoms with van der Waals surface area (Å²) in [5.41, 5.74) is 1.42. The maximum Gasteiger partial charge on any atom is 0.292 e. The fraction of sp³-hybridized carbons (Fsp3) is 0.200. The van der Waals surface area contributed by atoms with Crippen molar-refractivity contribution in [2.45, 2.75) is 19.8 Å². The zero-order valence-electron chi connectivity index (χ0n) is 14.8. The van der Waals surface area contributed by atoms with Crippen molar-refractivity contribution >= 4 is 23.3 Å². The lowest BCUT2D eigenvalue weighted by atomic mass is 10.0. The van der Waals surface area contributed by atoms with E-state index in [1.807, 2.05) is 13.0 Å². The van der Waals surface area contributed by atoms with Gasteiger partial charge in [0.05, 0.1) is 12.0 Å². The molecule has 3 rings (SSSR count). The number of unbranched alkanes of at least 4 members (excludes halogenated alkanes) is 1. The highest BCUT2D eigenvalue weighted by atomic mass is 16.3. The number of aliphatic imine (C=N–C) groups is 1. The van der Waals surface area contributed by atoms with Gasteiger partial charge in [0.25, 0.3) is 11.8 Å². The van der Waals surface area contributed by atoms with Gasteiger partial charge in [-0.05, 0) is 18.6 Å². The minimum Gasteiger partial charge on any atom is -0.459 e. The maximum atomic E-state index is 12.4. The summed E-state index contributed by atoms with van der Waals surface area (Å²) in [6, 6.07) is 12.2. The topological polar surface area (TPSA) is 107 Å². The van der Waals surface area contributed by atoms with Gasteiger partial charge in [-0.2, -0.15) is 5.26 Å². The largest absolute Gasteiger partial charge is 0.459 e. The van der Waals surface area contributed by atoms with Crippen molar-refractivity contribution < 1.29 is 14.0 Å². The van der Waals surface area contributed by atoms with Crippen LogP contribution in [0.15, 0.2) is 57.6 Å². The zero-order valence-corrected chi connectivity index (χ0v) is 14.8. The lowest BCUT2D eigenvalue weighted by Crippen LogP contribution is -2.30. The first-order valence-electron chi connectivity index (χ1n) is 8.61. The second-order valence-electron chi connectivity index (χ2n) is 5.88. The van der Waals surface area contributed by atoms with E-state index in [0.29, 0.717) is 17.7 Å². The summed E-state index contributed by atoms with van der Waals surface area (Å²) < 4.78 is 5.09. The number of benzene rings is 1. The first-order chi connectivity index (χ1) is 13.2. The second kappa shape index (κ2) is 8.15. The molecule has 1 aromatic heterocycles. The molecule has 1 aromatic carbocycles. The Morgan fingerprint density at radius 2 is 1.96 bits per heavy atom. The van der Waals surface area contributed by atoms with E-state index >= 15 is 0 Å². The van der Waals surface area contributed by atoms with Crippen molar-refractivity contribution in [3.63, 3.8) is 0 Å². The number of nitriles is 1. The van der Waals surface area contributed by atoms with Crippen molar-refractivity contribution in [1.29, 1.82) is 5.26 Å². The number of carbonyl (C=O) groups is 2. The van der Waals surface area contributed by atoms with Crippen LogP contribution in [0.2, 0.25) is 0 Å². The van der Waals surface area contributed by atoms with Gasteiger partial charge in [0.1, 0.15) is 17.5 Å². The number of nitrogens with one attached hydrogen (secondary N) is 2. The van der Waals surface area contributed by atoms with Crippen molar-refractivity contribution in [2.75, 3.05) is 6.54 Å². The molecule has 7 nitrogen and oxygen atoms in total. The Labute approximate surface area is 156 Å². The molecule has 0 atom stereocenters. The van der Waals surface area contributed by atoms with Crippen LogP contribution in [0.4, 0.5) is 0 Å². The van der Waals surface area contributed by atoms with E-state index in [2.05, 4.69) is 15.6 Å². The Kier molecular flexibility index (Phi) is 5.47. The Balaban J connectivity index is 1.95. The number of furan rings is 1. The third-order valence-electron chi connectivity index (χ3n) is 4.03. The summed E-state index contributed by atoms with van der Waals surface area (Å²) in [7, 11) is 0. The van der Waals surface area contributed by atoms with Gasteiger partial charge in [-0.3, -0.25) is 9.59 Å². The Morgan fingerprint density at radius 3 is 2.63 bits per heavy atom. The van der Waals surface area contributed by atoms with Crippen molar-refractivity contribution in [1.82, 2.24) is 10.6 Å². The minimum absolute atomic E-state index is 0.0826.